The van der Waals surface area contributed by atoms with Crippen molar-refractivity contribution in [3.05, 3.63) is 82.1 Å². The Balaban J connectivity index is 2.02. The van der Waals surface area contributed by atoms with E-state index in [0.29, 0.717) is 41.2 Å². The lowest BCUT2D eigenvalue weighted by atomic mass is 9.97. The Morgan fingerprint density at radius 1 is 0.571 bits per heavy atom. The fraction of sp³-hybridized carbons (Fsp3) is 0.100. The second-order valence-corrected chi connectivity index (χ2v) is 9.71. The molecule has 0 saturated heterocycles. The summed E-state index contributed by atoms with van der Waals surface area (Å²) in [6.07, 6.45) is 0.545. The Bertz CT molecular complexity index is 991. The number of halogens is 5. The van der Waals surface area contributed by atoms with Crippen molar-refractivity contribution in [3.63, 3.8) is 0 Å². The van der Waals surface area contributed by atoms with E-state index in [2.05, 4.69) is 47.8 Å². The number of benzene rings is 3. The van der Waals surface area contributed by atoms with Crippen LogP contribution in [0, 0.1) is 0 Å². The van der Waals surface area contributed by atoms with Crippen molar-refractivity contribution in [1.29, 1.82) is 0 Å². The van der Waals surface area contributed by atoms with Gasteiger partial charge < -0.3 is 15.3 Å². The van der Waals surface area contributed by atoms with Gasteiger partial charge in [0.15, 0.2) is 0 Å². The summed E-state index contributed by atoms with van der Waals surface area (Å²) < 4.78 is 1.73. The van der Waals surface area contributed by atoms with E-state index >= 15 is 0 Å². The lowest BCUT2D eigenvalue weighted by Gasteiger charge is -2.14. The molecular formula is C20H13Br3Cl2O3. The molecule has 0 atom stereocenters. The predicted octanol–water partition coefficient (Wildman–Crippen LogP) is 7.58. The number of rotatable bonds is 4. The van der Waals surface area contributed by atoms with Crippen molar-refractivity contribution in [1.82, 2.24) is 0 Å². The molecule has 0 fully saturated rings. The van der Waals surface area contributed by atoms with E-state index in [1.807, 2.05) is 0 Å². The summed E-state index contributed by atoms with van der Waals surface area (Å²) in [4.78, 5) is 0. The molecule has 146 valence electrons. The van der Waals surface area contributed by atoms with E-state index < -0.39 is 0 Å². The highest BCUT2D eigenvalue weighted by atomic mass is 79.9. The van der Waals surface area contributed by atoms with E-state index in [0.717, 1.165) is 4.47 Å². The molecule has 0 bridgehead atoms. The van der Waals surface area contributed by atoms with Gasteiger partial charge >= 0.3 is 0 Å². The first-order valence-electron chi connectivity index (χ1n) is 7.99. The molecule has 0 aliphatic heterocycles. The summed E-state index contributed by atoms with van der Waals surface area (Å²) in [5, 5.41) is 32.4. The summed E-state index contributed by atoms with van der Waals surface area (Å²) in [6, 6.07) is 10.1. The van der Waals surface area contributed by atoms with Crippen LogP contribution in [-0.4, -0.2) is 15.3 Å². The maximum absolute atomic E-state index is 10.8. The first kappa shape index (κ1) is 21.8. The van der Waals surface area contributed by atoms with Crippen LogP contribution in [0.25, 0.3) is 0 Å². The van der Waals surface area contributed by atoms with Gasteiger partial charge in [0.2, 0.25) is 0 Å². The third-order valence-electron chi connectivity index (χ3n) is 4.21. The van der Waals surface area contributed by atoms with Crippen LogP contribution in [0.15, 0.2) is 49.8 Å². The van der Waals surface area contributed by atoms with Gasteiger partial charge in [0.1, 0.15) is 17.2 Å². The topological polar surface area (TPSA) is 60.7 Å². The molecule has 0 amide bonds. The van der Waals surface area contributed by atoms with Crippen molar-refractivity contribution in [2.24, 2.45) is 0 Å². The Morgan fingerprint density at radius 2 is 0.929 bits per heavy atom. The van der Waals surface area contributed by atoms with Gasteiger partial charge in [-0.05, 0) is 79.4 Å². The molecule has 0 unspecified atom stereocenters. The number of aromatic hydroxyl groups is 3. The van der Waals surface area contributed by atoms with Gasteiger partial charge in [-0.1, -0.05) is 39.1 Å². The van der Waals surface area contributed by atoms with E-state index in [1.54, 1.807) is 36.4 Å². The van der Waals surface area contributed by atoms with Gasteiger partial charge in [-0.15, -0.1) is 0 Å². The van der Waals surface area contributed by atoms with E-state index in [1.165, 1.54) is 0 Å². The SMILES string of the molecule is Oc1c(Br)cc(Cl)cc1Cc1cc(Br)cc(Cc2cc(Cl)cc(Br)c2O)c1O. The van der Waals surface area contributed by atoms with Crippen LogP contribution in [0.3, 0.4) is 0 Å². The van der Waals surface area contributed by atoms with Crippen LogP contribution in [0.4, 0.5) is 0 Å². The van der Waals surface area contributed by atoms with E-state index in [4.69, 9.17) is 23.2 Å². The highest BCUT2D eigenvalue weighted by molar-refractivity contribution is 9.11. The fourth-order valence-corrected chi connectivity index (χ4v) is 5.21. The van der Waals surface area contributed by atoms with Crippen LogP contribution >= 0.6 is 71.0 Å². The third kappa shape index (κ3) is 4.79. The molecule has 0 aromatic heterocycles. The summed E-state index contributed by atoms with van der Waals surface area (Å²) in [6.45, 7) is 0. The zero-order valence-corrected chi connectivity index (χ0v) is 20.4. The van der Waals surface area contributed by atoms with Crippen LogP contribution < -0.4 is 0 Å². The van der Waals surface area contributed by atoms with Crippen molar-refractivity contribution < 1.29 is 15.3 Å². The first-order chi connectivity index (χ1) is 13.2. The molecular weight excluding hydrogens is 599 g/mol. The largest absolute Gasteiger partial charge is 0.507 e. The summed E-state index contributed by atoms with van der Waals surface area (Å²) in [5.74, 6) is 0.220. The zero-order chi connectivity index (χ0) is 20.6. The van der Waals surface area contributed by atoms with Gasteiger partial charge in [-0.25, -0.2) is 0 Å². The lowest BCUT2D eigenvalue weighted by Crippen LogP contribution is -1.97. The highest BCUT2D eigenvalue weighted by Crippen LogP contribution is 2.38. The van der Waals surface area contributed by atoms with Crippen molar-refractivity contribution in [3.8, 4) is 17.2 Å². The molecule has 0 spiro atoms. The Kier molecular flexibility index (Phi) is 6.88. The minimum Gasteiger partial charge on any atom is -0.507 e. The maximum atomic E-state index is 10.8. The standard InChI is InChI=1S/C20H13Br3Cl2O3/c21-13-3-9(1-11-5-14(24)7-16(22)19(11)27)18(26)10(4-13)2-12-6-15(25)8-17(23)20(12)28/h3-8,26-28H,1-2H2. The quantitative estimate of drug-likeness (QED) is 0.285. The minimum absolute atomic E-state index is 0.0711. The summed E-state index contributed by atoms with van der Waals surface area (Å²) >= 11 is 22.2. The number of phenolic OH excluding ortho intramolecular Hbond substituents is 3. The monoisotopic (exact) mass is 608 g/mol. The number of hydrogen-bond donors (Lipinski definition) is 3. The number of hydrogen-bond acceptors (Lipinski definition) is 3. The van der Waals surface area contributed by atoms with Crippen LogP contribution in [0.1, 0.15) is 22.3 Å². The maximum Gasteiger partial charge on any atom is 0.133 e. The highest BCUT2D eigenvalue weighted by Gasteiger charge is 2.16. The molecule has 0 saturated carbocycles. The van der Waals surface area contributed by atoms with Crippen LogP contribution in [0.2, 0.25) is 10.0 Å². The zero-order valence-electron chi connectivity index (χ0n) is 14.1. The molecule has 3 aromatic carbocycles. The molecule has 0 aliphatic carbocycles. The summed E-state index contributed by atoms with van der Waals surface area (Å²) in [7, 11) is 0. The van der Waals surface area contributed by atoms with Gasteiger partial charge in [-0.3, -0.25) is 0 Å². The van der Waals surface area contributed by atoms with Crippen molar-refractivity contribution >= 4 is 71.0 Å². The first-order valence-corrected chi connectivity index (χ1v) is 11.1. The molecule has 3 nitrogen and oxygen atoms in total. The second-order valence-electron chi connectivity index (χ2n) is 6.22. The van der Waals surface area contributed by atoms with Gasteiger partial charge in [0.25, 0.3) is 0 Å². The van der Waals surface area contributed by atoms with Crippen LogP contribution in [-0.2, 0) is 12.8 Å². The second kappa shape index (κ2) is 8.84. The number of phenols is 3. The van der Waals surface area contributed by atoms with Gasteiger partial charge in [-0.2, -0.15) is 0 Å². The third-order valence-corrected chi connectivity index (χ3v) is 6.31. The minimum atomic E-state index is 0.0711. The fourth-order valence-electron chi connectivity index (χ4n) is 2.91. The molecule has 0 heterocycles. The predicted molar refractivity (Wildman–Crippen MR) is 123 cm³/mol. The van der Waals surface area contributed by atoms with Crippen molar-refractivity contribution in [2.45, 2.75) is 12.8 Å². The molecule has 3 rings (SSSR count). The molecule has 3 N–H and O–H groups in total. The molecule has 8 heteroatoms. The normalized spacial score (nSPS) is 11.0. The Morgan fingerprint density at radius 3 is 1.32 bits per heavy atom. The molecule has 3 aromatic rings. The van der Waals surface area contributed by atoms with E-state index in [-0.39, 0.29) is 30.1 Å². The molecule has 0 aliphatic rings. The van der Waals surface area contributed by atoms with Crippen molar-refractivity contribution in [2.75, 3.05) is 0 Å². The average Bonchev–Trinajstić information content (AvgIpc) is 2.60. The van der Waals surface area contributed by atoms with Gasteiger partial charge in [0.05, 0.1) is 8.95 Å². The Labute approximate surface area is 197 Å². The lowest BCUT2D eigenvalue weighted by molar-refractivity contribution is 0.455. The Hall–Kier alpha value is -0.920. The average molecular weight is 612 g/mol. The van der Waals surface area contributed by atoms with Gasteiger partial charge in [0, 0.05) is 38.5 Å². The van der Waals surface area contributed by atoms with Crippen LogP contribution in [0.5, 0.6) is 17.2 Å². The molecule has 0 radical (unpaired) electrons. The smallest absolute Gasteiger partial charge is 0.133 e. The van der Waals surface area contributed by atoms with E-state index in [9.17, 15) is 15.3 Å². The molecule has 28 heavy (non-hydrogen) atoms. The summed E-state index contributed by atoms with van der Waals surface area (Å²) in [5.41, 5.74) is 2.36.